The maximum absolute atomic E-state index is 6.05. The Morgan fingerprint density at radius 2 is 1.93 bits per heavy atom. The molecule has 1 aliphatic carbocycles. The summed E-state index contributed by atoms with van der Waals surface area (Å²) in [7, 11) is 0. The fraction of sp³-hybridized carbons (Fsp3) is 0.538. The van der Waals surface area contributed by atoms with Gasteiger partial charge in [-0.1, -0.05) is 36.2 Å². The van der Waals surface area contributed by atoms with Crippen LogP contribution in [0.25, 0.3) is 0 Å². The fourth-order valence-electron chi connectivity index (χ4n) is 2.14. The van der Waals surface area contributed by atoms with Gasteiger partial charge in [0.2, 0.25) is 0 Å². The molecule has 1 unspecified atom stereocenters. The minimum Gasteiger partial charge on any atom is -0.126 e. The van der Waals surface area contributed by atoms with Crippen LogP contribution in [0.5, 0.6) is 0 Å². The van der Waals surface area contributed by atoms with Gasteiger partial charge in [-0.05, 0) is 31.2 Å². The van der Waals surface area contributed by atoms with Crippen molar-refractivity contribution in [2.75, 3.05) is 5.88 Å². The number of halogens is 1. The Labute approximate surface area is 91.3 Å². The van der Waals surface area contributed by atoms with Crippen LogP contribution < -0.4 is 0 Å². The van der Waals surface area contributed by atoms with Gasteiger partial charge in [-0.25, -0.2) is 0 Å². The molecular formula is C13H17Cl. The molecule has 2 rings (SSSR count). The fourth-order valence-corrected chi connectivity index (χ4v) is 2.57. The van der Waals surface area contributed by atoms with Crippen LogP contribution in [0.3, 0.4) is 0 Å². The Morgan fingerprint density at radius 1 is 1.29 bits per heavy atom. The predicted octanol–water partition coefficient (Wildman–Crippen LogP) is 4.12. The molecule has 1 saturated carbocycles. The van der Waals surface area contributed by atoms with Crippen molar-refractivity contribution in [3.8, 4) is 0 Å². The number of aryl methyl sites for hydroxylation is 1. The lowest BCUT2D eigenvalue weighted by Gasteiger charge is -2.33. The molecule has 76 valence electrons. The van der Waals surface area contributed by atoms with Crippen LogP contribution in [0.15, 0.2) is 24.3 Å². The molecule has 0 radical (unpaired) electrons. The van der Waals surface area contributed by atoms with Crippen LogP contribution in [0.2, 0.25) is 0 Å². The van der Waals surface area contributed by atoms with Crippen LogP contribution in [-0.4, -0.2) is 5.88 Å². The van der Waals surface area contributed by atoms with Crippen molar-refractivity contribution >= 4 is 11.6 Å². The largest absolute Gasteiger partial charge is 0.126 e. The van der Waals surface area contributed by atoms with Gasteiger partial charge in [0, 0.05) is 11.8 Å². The van der Waals surface area contributed by atoms with Gasteiger partial charge in [0.15, 0.2) is 0 Å². The summed E-state index contributed by atoms with van der Waals surface area (Å²) in [6, 6.07) is 8.85. The molecule has 1 heteroatoms. The molecule has 0 nitrogen and oxygen atoms in total. The third-order valence-corrected chi connectivity index (χ3v) is 3.72. The van der Waals surface area contributed by atoms with Crippen molar-refractivity contribution in [2.45, 2.75) is 32.1 Å². The second-order valence-corrected chi connectivity index (χ2v) is 4.67. The van der Waals surface area contributed by atoms with Crippen LogP contribution in [-0.2, 0) is 0 Å². The molecule has 0 N–H and O–H groups in total. The summed E-state index contributed by atoms with van der Waals surface area (Å²) in [6.07, 6.45) is 4.13. The van der Waals surface area contributed by atoms with E-state index >= 15 is 0 Å². The highest BCUT2D eigenvalue weighted by molar-refractivity contribution is 6.18. The van der Waals surface area contributed by atoms with Crippen molar-refractivity contribution in [3.05, 3.63) is 35.4 Å². The van der Waals surface area contributed by atoms with E-state index in [2.05, 4.69) is 31.2 Å². The number of hydrogen-bond donors (Lipinski definition) is 0. The predicted molar refractivity (Wildman–Crippen MR) is 62.0 cm³/mol. The Hall–Kier alpha value is -0.490. The highest BCUT2D eigenvalue weighted by Crippen LogP contribution is 2.39. The lowest BCUT2D eigenvalue weighted by molar-refractivity contribution is 0.274. The Kier molecular flexibility index (Phi) is 3.12. The highest BCUT2D eigenvalue weighted by atomic mass is 35.5. The van der Waals surface area contributed by atoms with Crippen LogP contribution in [0, 0.1) is 12.8 Å². The first-order valence-corrected chi connectivity index (χ1v) is 5.97. The number of alkyl halides is 1. The minimum atomic E-state index is 0.589. The highest BCUT2D eigenvalue weighted by Gasteiger charge is 2.27. The zero-order chi connectivity index (χ0) is 9.97. The average molecular weight is 209 g/mol. The molecule has 1 atom stereocenters. The SMILES string of the molecule is Cc1ccc(C(CCl)C2CCC2)cc1. The van der Waals surface area contributed by atoms with Gasteiger partial charge in [-0.3, -0.25) is 0 Å². The molecule has 1 fully saturated rings. The van der Waals surface area contributed by atoms with E-state index in [0.29, 0.717) is 5.92 Å². The maximum atomic E-state index is 6.05. The monoisotopic (exact) mass is 208 g/mol. The van der Waals surface area contributed by atoms with Gasteiger partial charge in [0.05, 0.1) is 0 Å². The van der Waals surface area contributed by atoms with E-state index in [4.69, 9.17) is 11.6 Å². The van der Waals surface area contributed by atoms with Crippen LogP contribution in [0.1, 0.15) is 36.3 Å². The van der Waals surface area contributed by atoms with Crippen LogP contribution >= 0.6 is 11.6 Å². The van der Waals surface area contributed by atoms with Gasteiger partial charge < -0.3 is 0 Å². The topological polar surface area (TPSA) is 0 Å². The van der Waals surface area contributed by atoms with Gasteiger partial charge >= 0.3 is 0 Å². The van der Waals surface area contributed by atoms with Crippen molar-refractivity contribution in [2.24, 2.45) is 5.92 Å². The minimum absolute atomic E-state index is 0.589. The normalized spacial score (nSPS) is 19.0. The quantitative estimate of drug-likeness (QED) is 0.656. The maximum Gasteiger partial charge on any atom is 0.0294 e. The zero-order valence-electron chi connectivity index (χ0n) is 8.67. The summed E-state index contributed by atoms with van der Waals surface area (Å²) < 4.78 is 0. The van der Waals surface area contributed by atoms with E-state index in [0.717, 1.165) is 11.8 Å². The summed E-state index contributed by atoms with van der Waals surface area (Å²) in [5.74, 6) is 2.20. The Bertz CT molecular complexity index is 285. The first-order chi connectivity index (χ1) is 6.81. The van der Waals surface area contributed by atoms with Gasteiger partial charge in [0.25, 0.3) is 0 Å². The third-order valence-electron chi connectivity index (χ3n) is 3.39. The molecule has 0 aromatic heterocycles. The van der Waals surface area contributed by atoms with E-state index < -0.39 is 0 Å². The van der Waals surface area contributed by atoms with Crippen molar-refractivity contribution < 1.29 is 0 Å². The average Bonchev–Trinajstić information content (AvgIpc) is 2.13. The molecular weight excluding hydrogens is 192 g/mol. The second kappa shape index (κ2) is 4.35. The second-order valence-electron chi connectivity index (χ2n) is 4.36. The molecule has 1 aromatic carbocycles. The summed E-state index contributed by atoms with van der Waals surface area (Å²) >= 11 is 6.05. The Morgan fingerprint density at radius 3 is 2.36 bits per heavy atom. The van der Waals surface area contributed by atoms with Gasteiger partial charge in [-0.2, -0.15) is 0 Å². The summed E-state index contributed by atoms with van der Waals surface area (Å²) in [5.41, 5.74) is 2.76. The van der Waals surface area contributed by atoms with E-state index in [1.54, 1.807) is 0 Å². The summed E-state index contributed by atoms with van der Waals surface area (Å²) in [6.45, 7) is 2.13. The zero-order valence-corrected chi connectivity index (χ0v) is 9.43. The molecule has 0 amide bonds. The van der Waals surface area contributed by atoms with Crippen molar-refractivity contribution in [1.29, 1.82) is 0 Å². The lowest BCUT2D eigenvalue weighted by atomic mass is 9.74. The number of rotatable bonds is 3. The van der Waals surface area contributed by atoms with E-state index in [1.165, 1.54) is 30.4 Å². The lowest BCUT2D eigenvalue weighted by Crippen LogP contribution is -2.21. The molecule has 0 saturated heterocycles. The molecule has 0 bridgehead atoms. The number of benzene rings is 1. The summed E-state index contributed by atoms with van der Waals surface area (Å²) in [5, 5.41) is 0. The molecule has 1 aliphatic rings. The first-order valence-electron chi connectivity index (χ1n) is 5.44. The van der Waals surface area contributed by atoms with Crippen molar-refractivity contribution in [3.63, 3.8) is 0 Å². The first kappa shape index (κ1) is 10.0. The smallest absolute Gasteiger partial charge is 0.0294 e. The van der Waals surface area contributed by atoms with E-state index in [1.807, 2.05) is 0 Å². The van der Waals surface area contributed by atoms with E-state index in [9.17, 15) is 0 Å². The Balaban J connectivity index is 2.14. The number of hydrogen-bond acceptors (Lipinski definition) is 0. The van der Waals surface area contributed by atoms with Gasteiger partial charge in [-0.15, -0.1) is 11.6 Å². The molecule has 0 spiro atoms. The molecule has 0 heterocycles. The molecule has 1 aromatic rings. The third kappa shape index (κ3) is 1.95. The van der Waals surface area contributed by atoms with Crippen molar-refractivity contribution in [1.82, 2.24) is 0 Å². The molecule has 14 heavy (non-hydrogen) atoms. The standard InChI is InChI=1S/C13H17Cl/c1-10-5-7-12(8-6-10)13(9-14)11-3-2-4-11/h5-8,11,13H,2-4,9H2,1H3. The van der Waals surface area contributed by atoms with Crippen LogP contribution in [0.4, 0.5) is 0 Å². The summed E-state index contributed by atoms with van der Waals surface area (Å²) in [4.78, 5) is 0. The molecule has 0 aliphatic heterocycles. The van der Waals surface area contributed by atoms with Gasteiger partial charge in [0.1, 0.15) is 0 Å². The van der Waals surface area contributed by atoms with E-state index in [-0.39, 0.29) is 0 Å².